The summed E-state index contributed by atoms with van der Waals surface area (Å²) < 4.78 is 10.5. The van der Waals surface area contributed by atoms with Gasteiger partial charge in [0.25, 0.3) is 0 Å². The topological polar surface area (TPSA) is 64.4 Å². The monoisotopic (exact) mass is 336 g/mol. The number of rotatable bonds is 7. The zero-order valence-corrected chi connectivity index (χ0v) is 14.3. The van der Waals surface area contributed by atoms with E-state index in [2.05, 4.69) is 10.5 Å². The largest absolute Gasteiger partial charge is 0.491 e. The number of halogens is 1. The predicted octanol–water partition coefficient (Wildman–Crippen LogP) is 3.46. The summed E-state index contributed by atoms with van der Waals surface area (Å²) in [6.07, 6.45) is 0.836. The number of ether oxygens (including phenoxy) is 1. The van der Waals surface area contributed by atoms with Crippen LogP contribution in [0.1, 0.15) is 30.2 Å². The molecule has 23 heavy (non-hydrogen) atoms. The summed E-state index contributed by atoms with van der Waals surface area (Å²) in [7, 11) is 0. The van der Waals surface area contributed by atoms with Crippen LogP contribution >= 0.6 is 11.6 Å². The maximum Gasteiger partial charge on any atom is 0.229 e. The van der Waals surface area contributed by atoms with Crippen molar-refractivity contribution in [3.05, 3.63) is 46.3 Å². The van der Waals surface area contributed by atoms with E-state index in [1.165, 1.54) is 5.56 Å². The highest BCUT2D eigenvalue weighted by molar-refractivity contribution is 6.29. The molecule has 0 bridgehead atoms. The van der Waals surface area contributed by atoms with Crippen LogP contribution in [-0.4, -0.2) is 23.7 Å². The Bertz CT molecular complexity index is 633. The molecule has 2 rings (SSSR count). The average molecular weight is 337 g/mol. The minimum Gasteiger partial charge on any atom is -0.491 e. The molecule has 1 atom stereocenters. The Morgan fingerprint density at radius 3 is 2.65 bits per heavy atom. The number of aryl methyl sites for hydroxylation is 2. The molecule has 6 heteroatoms. The molecule has 0 radical (unpaired) electrons. The van der Waals surface area contributed by atoms with Gasteiger partial charge < -0.3 is 14.6 Å². The standard InChI is InChI=1S/C17H21ClN2O3/c1-11-4-6-14(7-5-11)22-10-12(2)19-16(21)9-8-15-13(3)20-23-17(15)18/h4-7,12H,8-10H2,1-3H3,(H,19,21). The molecule has 2 aromatic rings. The first-order valence-corrected chi connectivity index (χ1v) is 7.93. The number of nitrogens with zero attached hydrogens (tertiary/aromatic N) is 1. The van der Waals surface area contributed by atoms with Crippen LogP contribution in [0, 0.1) is 13.8 Å². The lowest BCUT2D eigenvalue weighted by Crippen LogP contribution is -2.36. The van der Waals surface area contributed by atoms with E-state index in [0.717, 1.165) is 17.0 Å². The van der Waals surface area contributed by atoms with Crippen LogP contribution in [0.15, 0.2) is 28.8 Å². The van der Waals surface area contributed by atoms with Crippen LogP contribution in [0.4, 0.5) is 0 Å². The lowest BCUT2D eigenvalue weighted by atomic mass is 10.1. The quantitative estimate of drug-likeness (QED) is 0.841. The number of carbonyl (C=O) groups excluding carboxylic acids is 1. The van der Waals surface area contributed by atoms with Gasteiger partial charge in [-0.25, -0.2) is 0 Å². The molecule has 1 aromatic heterocycles. The summed E-state index contributed by atoms with van der Waals surface area (Å²) in [6, 6.07) is 7.73. The fourth-order valence-electron chi connectivity index (χ4n) is 2.12. The van der Waals surface area contributed by atoms with Gasteiger partial charge in [-0.3, -0.25) is 4.79 Å². The SMILES string of the molecule is Cc1ccc(OCC(C)NC(=O)CCc2c(C)noc2Cl)cc1. The number of benzene rings is 1. The Morgan fingerprint density at radius 1 is 1.35 bits per heavy atom. The van der Waals surface area contributed by atoms with Gasteiger partial charge in [0.2, 0.25) is 11.1 Å². The van der Waals surface area contributed by atoms with E-state index in [1.54, 1.807) is 6.92 Å². The first-order chi connectivity index (χ1) is 11.0. The molecule has 0 aliphatic heterocycles. The van der Waals surface area contributed by atoms with Gasteiger partial charge in [-0.2, -0.15) is 0 Å². The first kappa shape index (κ1) is 17.3. The van der Waals surface area contributed by atoms with Crippen LogP contribution in [-0.2, 0) is 11.2 Å². The number of hydrogen-bond donors (Lipinski definition) is 1. The lowest BCUT2D eigenvalue weighted by molar-refractivity contribution is -0.121. The third-order valence-corrected chi connectivity index (χ3v) is 3.76. The van der Waals surface area contributed by atoms with Gasteiger partial charge in [-0.1, -0.05) is 22.9 Å². The van der Waals surface area contributed by atoms with Crippen molar-refractivity contribution in [2.45, 2.75) is 39.7 Å². The predicted molar refractivity (Wildman–Crippen MR) is 88.8 cm³/mol. The number of nitrogens with one attached hydrogen (secondary N) is 1. The summed E-state index contributed by atoms with van der Waals surface area (Å²) in [6.45, 7) is 6.16. The molecule has 1 aromatic carbocycles. The van der Waals surface area contributed by atoms with Crippen LogP contribution in [0.5, 0.6) is 5.75 Å². The van der Waals surface area contributed by atoms with Gasteiger partial charge in [-0.15, -0.1) is 0 Å². The summed E-state index contributed by atoms with van der Waals surface area (Å²) in [4.78, 5) is 12.0. The fraction of sp³-hybridized carbons (Fsp3) is 0.412. The van der Waals surface area contributed by atoms with Gasteiger partial charge in [0.05, 0.1) is 11.7 Å². The van der Waals surface area contributed by atoms with Crippen molar-refractivity contribution in [1.29, 1.82) is 0 Å². The van der Waals surface area contributed by atoms with Crippen LogP contribution in [0.25, 0.3) is 0 Å². The normalized spacial score (nSPS) is 12.0. The van der Waals surface area contributed by atoms with Gasteiger partial charge >= 0.3 is 0 Å². The molecule has 0 spiro atoms. The van der Waals surface area contributed by atoms with E-state index in [4.69, 9.17) is 20.9 Å². The van der Waals surface area contributed by atoms with E-state index in [9.17, 15) is 4.79 Å². The zero-order valence-electron chi connectivity index (χ0n) is 13.6. The van der Waals surface area contributed by atoms with E-state index in [1.807, 2.05) is 38.1 Å². The average Bonchev–Trinajstić information content (AvgIpc) is 2.83. The Labute approximate surface area is 141 Å². The molecule has 0 aliphatic rings. The molecule has 0 saturated carbocycles. The highest BCUT2D eigenvalue weighted by Gasteiger charge is 2.14. The lowest BCUT2D eigenvalue weighted by Gasteiger charge is -2.15. The first-order valence-electron chi connectivity index (χ1n) is 7.55. The van der Waals surface area contributed by atoms with Crippen molar-refractivity contribution in [3.63, 3.8) is 0 Å². The molecule has 1 unspecified atom stereocenters. The maximum absolute atomic E-state index is 12.0. The van der Waals surface area contributed by atoms with E-state index >= 15 is 0 Å². The van der Waals surface area contributed by atoms with Crippen LogP contribution in [0.3, 0.4) is 0 Å². The highest BCUT2D eigenvalue weighted by atomic mass is 35.5. The summed E-state index contributed by atoms with van der Waals surface area (Å²) in [5.41, 5.74) is 2.69. The number of aromatic nitrogens is 1. The molecule has 1 heterocycles. The molecule has 124 valence electrons. The van der Waals surface area contributed by atoms with Crippen LogP contribution in [0.2, 0.25) is 5.22 Å². The third-order valence-electron chi connectivity index (χ3n) is 3.47. The van der Waals surface area contributed by atoms with Crippen molar-refractivity contribution in [2.75, 3.05) is 6.61 Å². The van der Waals surface area contributed by atoms with Gasteiger partial charge in [0, 0.05) is 12.0 Å². The van der Waals surface area contributed by atoms with Crippen molar-refractivity contribution < 1.29 is 14.1 Å². The molecule has 0 fully saturated rings. The Kier molecular flexibility index (Phi) is 6.04. The minimum absolute atomic E-state index is 0.0540. The maximum atomic E-state index is 12.0. The van der Waals surface area contributed by atoms with Crippen LogP contribution < -0.4 is 10.1 Å². The molecule has 0 saturated heterocycles. The van der Waals surface area contributed by atoms with Crippen molar-refractivity contribution >= 4 is 17.5 Å². The number of carbonyl (C=O) groups is 1. The molecule has 1 amide bonds. The van der Waals surface area contributed by atoms with E-state index in [-0.39, 0.29) is 17.2 Å². The van der Waals surface area contributed by atoms with Crippen molar-refractivity contribution in [1.82, 2.24) is 10.5 Å². The molecule has 1 N–H and O–H groups in total. The van der Waals surface area contributed by atoms with E-state index in [0.29, 0.717) is 19.4 Å². The smallest absolute Gasteiger partial charge is 0.229 e. The van der Waals surface area contributed by atoms with Gasteiger partial charge in [0.15, 0.2) is 0 Å². The van der Waals surface area contributed by atoms with Gasteiger partial charge in [-0.05, 0) is 50.9 Å². The number of amides is 1. The minimum atomic E-state index is -0.0807. The fourth-order valence-corrected chi connectivity index (χ4v) is 2.39. The second-order valence-electron chi connectivity index (χ2n) is 5.61. The Balaban J connectivity index is 1.73. The Hall–Kier alpha value is -2.01. The summed E-state index contributed by atoms with van der Waals surface area (Å²) in [5, 5.41) is 6.93. The summed E-state index contributed by atoms with van der Waals surface area (Å²) in [5.74, 6) is 0.741. The molecular weight excluding hydrogens is 316 g/mol. The van der Waals surface area contributed by atoms with Crippen molar-refractivity contribution in [2.24, 2.45) is 0 Å². The molecule has 5 nitrogen and oxygen atoms in total. The zero-order chi connectivity index (χ0) is 16.8. The third kappa shape index (κ3) is 5.28. The van der Waals surface area contributed by atoms with Crippen molar-refractivity contribution in [3.8, 4) is 5.75 Å². The molecule has 0 aliphatic carbocycles. The van der Waals surface area contributed by atoms with Gasteiger partial charge in [0.1, 0.15) is 12.4 Å². The highest BCUT2D eigenvalue weighted by Crippen LogP contribution is 2.20. The Morgan fingerprint density at radius 2 is 2.04 bits per heavy atom. The number of hydrogen-bond acceptors (Lipinski definition) is 4. The molecular formula is C17H21ClN2O3. The van der Waals surface area contributed by atoms with E-state index < -0.39 is 0 Å². The summed E-state index contributed by atoms with van der Waals surface area (Å²) >= 11 is 5.88. The second kappa shape index (κ2) is 8.02. The second-order valence-corrected chi connectivity index (χ2v) is 5.96.